The van der Waals surface area contributed by atoms with E-state index in [1.807, 2.05) is 0 Å². The fourth-order valence-corrected chi connectivity index (χ4v) is 7.82. The number of esters is 1. The van der Waals surface area contributed by atoms with Gasteiger partial charge in [-0.25, -0.2) is 0 Å². The van der Waals surface area contributed by atoms with Gasteiger partial charge >= 0.3 is 5.97 Å². The second kappa shape index (κ2) is 4.76. The van der Waals surface area contributed by atoms with Crippen molar-refractivity contribution in [2.24, 2.45) is 40.9 Å². The maximum atomic E-state index is 12.9. The first-order chi connectivity index (χ1) is 10.9. The summed E-state index contributed by atoms with van der Waals surface area (Å²) < 4.78 is 6.32. The highest BCUT2D eigenvalue weighted by atomic mass is 16.6. The van der Waals surface area contributed by atoms with Crippen molar-refractivity contribution >= 4 is 5.97 Å². The lowest BCUT2D eigenvalue weighted by Crippen LogP contribution is -2.57. The third kappa shape index (κ3) is 2.15. The van der Waals surface area contributed by atoms with Crippen LogP contribution in [0.15, 0.2) is 0 Å². The predicted molar refractivity (Wildman–Crippen MR) is 89.7 cm³/mol. The first-order valence-electron chi connectivity index (χ1n) is 10.2. The van der Waals surface area contributed by atoms with Gasteiger partial charge in [0.15, 0.2) is 0 Å². The number of carbonyl (C=O) groups excluding carboxylic acids is 1. The van der Waals surface area contributed by atoms with Gasteiger partial charge in [0, 0.05) is 5.41 Å². The Balaban J connectivity index is 1.34. The van der Waals surface area contributed by atoms with Crippen LogP contribution >= 0.6 is 0 Å². The van der Waals surface area contributed by atoms with Gasteiger partial charge in [-0.3, -0.25) is 4.79 Å². The third-order valence-corrected chi connectivity index (χ3v) is 8.71. The van der Waals surface area contributed by atoms with E-state index in [0.717, 1.165) is 30.1 Å². The van der Waals surface area contributed by atoms with Crippen molar-refractivity contribution in [3.8, 4) is 0 Å². The van der Waals surface area contributed by atoms with Crippen LogP contribution in [-0.4, -0.2) is 11.6 Å². The summed E-state index contributed by atoms with van der Waals surface area (Å²) in [6.07, 6.45) is 13.3. The number of rotatable bonds is 3. The second-order valence-corrected chi connectivity index (χ2v) is 10.4. The topological polar surface area (TPSA) is 26.3 Å². The van der Waals surface area contributed by atoms with E-state index in [0.29, 0.717) is 5.92 Å². The van der Waals surface area contributed by atoms with Crippen LogP contribution in [0.25, 0.3) is 0 Å². The van der Waals surface area contributed by atoms with Crippen molar-refractivity contribution in [1.29, 1.82) is 0 Å². The Bertz CT molecular complexity index is 485. The molecule has 0 aromatic carbocycles. The van der Waals surface area contributed by atoms with E-state index in [9.17, 15) is 4.79 Å². The molecule has 6 aliphatic rings. The quantitative estimate of drug-likeness (QED) is 0.688. The zero-order valence-electron chi connectivity index (χ0n) is 14.9. The molecule has 2 nitrogen and oxygen atoms in total. The molecule has 0 aliphatic heterocycles. The van der Waals surface area contributed by atoms with Gasteiger partial charge in [0.1, 0.15) is 5.60 Å². The van der Waals surface area contributed by atoms with Crippen molar-refractivity contribution in [3.63, 3.8) is 0 Å². The molecular formula is C21H32O2. The molecule has 0 N–H and O–H groups in total. The van der Waals surface area contributed by atoms with Gasteiger partial charge in [-0.1, -0.05) is 6.42 Å². The number of carbonyl (C=O) groups is 1. The molecule has 0 saturated heterocycles. The van der Waals surface area contributed by atoms with E-state index in [1.54, 1.807) is 0 Å². The summed E-state index contributed by atoms with van der Waals surface area (Å²) in [5.41, 5.74) is 0.0248. The molecule has 2 heteroatoms. The van der Waals surface area contributed by atoms with Crippen molar-refractivity contribution in [1.82, 2.24) is 0 Å². The Morgan fingerprint density at radius 2 is 1.48 bits per heavy atom. The highest BCUT2D eigenvalue weighted by Gasteiger charge is 2.59. The summed E-state index contributed by atoms with van der Waals surface area (Å²) in [5, 5.41) is 0. The standard InChI is InChI=1S/C21H32O2/c1-20(2,23-19(22)18-9-13-3-4-17(18)8-13)21-10-14-5-15(11-21)7-16(6-14)12-21/h13-18H,3-12H2,1-2H3. The summed E-state index contributed by atoms with van der Waals surface area (Å²) in [6.45, 7) is 4.48. The molecule has 0 aromatic rings. The zero-order valence-corrected chi connectivity index (χ0v) is 14.9. The van der Waals surface area contributed by atoms with Gasteiger partial charge in [-0.05, 0) is 101 Å². The summed E-state index contributed by atoms with van der Waals surface area (Å²) in [5.74, 6) is 4.59. The van der Waals surface area contributed by atoms with Gasteiger partial charge < -0.3 is 4.74 Å². The highest BCUT2D eigenvalue weighted by molar-refractivity contribution is 5.74. The van der Waals surface area contributed by atoms with E-state index in [1.165, 1.54) is 57.8 Å². The van der Waals surface area contributed by atoms with Crippen LogP contribution in [0.1, 0.15) is 78.1 Å². The Hall–Kier alpha value is -0.530. The average Bonchev–Trinajstić information content (AvgIpc) is 3.07. The van der Waals surface area contributed by atoms with Crippen LogP contribution in [0.3, 0.4) is 0 Å². The van der Waals surface area contributed by atoms with Crippen LogP contribution in [0, 0.1) is 40.9 Å². The Morgan fingerprint density at radius 3 is 1.96 bits per heavy atom. The van der Waals surface area contributed by atoms with Gasteiger partial charge in [0.05, 0.1) is 5.92 Å². The fraction of sp³-hybridized carbons (Fsp3) is 0.952. The predicted octanol–water partition coefficient (Wildman–Crippen LogP) is 4.96. The van der Waals surface area contributed by atoms with E-state index in [4.69, 9.17) is 4.74 Å². The van der Waals surface area contributed by atoms with E-state index >= 15 is 0 Å². The third-order valence-electron chi connectivity index (χ3n) is 8.71. The highest BCUT2D eigenvalue weighted by Crippen LogP contribution is 2.64. The molecule has 6 bridgehead atoms. The van der Waals surface area contributed by atoms with Crippen LogP contribution < -0.4 is 0 Å². The average molecular weight is 316 g/mol. The van der Waals surface area contributed by atoms with Crippen molar-refractivity contribution in [2.75, 3.05) is 0 Å². The molecule has 0 radical (unpaired) electrons. The molecule has 23 heavy (non-hydrogen) atoms. The Morgan fingerprint density at radius 1 is 0.870 bits per heavy atom. The normalized spacial score (nSPS) is 50.5. The van der Waals surface area contributed by atoms with Crippen LogP contribution in [0.2, 0.25) is 0 Å². The van der Waals surface area contributed by atoms with Crippen molar-refractivity contribution < 1.29 is 9.53 Å². The Kier molecular flexibility index (Phi) is 3.06. The van der Waals surface area contributed by atoms with Crippen LogP contribution in [0.4, 0.5) is 0 Å². The largest absolute Gasteiger partial charge is 0.459 e. The molecule has 0 amide bonds. The molecule has 0 aromatic heterocycles. The summed E-state index contributed by atoms with van der Waals surface area (Å²) in [7, 11) is 0. The first-order valence-corrected chi connectivity index (χ1v) is 10.2. The molecule has 0 heterocycles. The molecule has 6 fully saturated rings. The lowest BCUT2D eigenvalue weighted by Gasteiger charge is -2.61. The number of ether oxygens (including phenoxy) is 1. The maximum absolute atomic E-state index is 12.9. The Labute approximate surface area is 140 Å². The molecular weight excluding hydrogens is 284 g/mol. The molecule has 128 valence electrons. The minimum absolute atomic E-state index is 0.151. The second-order valence-electron chi connectivity index (χ2n) is 10.4. The van der Waals surface area contributed by atoms with Crippen molar-refractivity contribution in [2.45, 2.75) is 83.7 Å². The lowest BCUT2D eigenvalue weighted by molar-refractivity contribution is -0.203. The molecule has 6 rings (SSSR count). The van der Waals surface area contributed by atoms with Gasteiger partial charge in [-0.15, -0.1) is 0 Å². The van der Waals surface area contributed by atoms with E-state index in [2.05, 4.69) is 13.8 Å². The first kappa shape index (κ1) is 14.8. The zero-order chi connectivity index (χ0) is 15.8. The molecule has 3 atom stereocenters. The molecule has 6 aliphatic carbocycles. The van der Waals surface area contributed by atoms with E-state index in [-0.39, 0.29) is 22.9 Å². The SMILES string of the molecule is CC(C)(OC(=O)C1CC2CCC1C2)C12CC3CC(CC(C3)C1)C2. The molecule has 3 unspecified atom stereocenters. The summed E-state index contributed by atoms with van der Waals surface area (Å²) >= 11 is 0. The molecule has 6 saturated carbocycles. The fourth-order valence-electron chi connectivity index (χ4n) is 7.82. The van der Waals surface area contributed by atoms with Crippen LogP contribution in [0.5, 0.6) is 0 Å². The van der Waals surface area contributed by atoms with Crippen molar-refractivity contribution in [3.05, 3.63) is 0 Å². The maximum Gasteiger partial charge on any atom is 0.309 e. The van der Waals surface area contributed by atoms with E-state index < -0.39 is 0 Å². The number of hydrogen-bond acceptors (Lipinski definition) is 2. The summed E-state index contributed by atoms with van der Waals surface area (Å²) in [4.78, 5) is 12.9. The number of fused-ring (bicyclic) bond motifs is 2. The lowest BCUT2D eigenvalue weighted by atomic mass is 9.46. The monoisotopic (exact) mass is 316 g/mol. The van der Waals surface area contributed by atoms with Gasteiger partial charge in [0.25, 0.3) is 0 Å². The summed E-state index contributed by atoms with van der Waals surface area (Å²) in [6, 6.07) is 0. The van der Waals surface area contributed by atoms with Crippen LogP contribution in [-0.2, 0) is 9.53 Å². The van der Waals surface area contributed by atoms with Gasteiger partial charge in [-0.2, -0.15) is 0 Å². The molecule has 0 spiro atoms. The minimum atomic E-state index is -0.262. The van der Waals surface area contributed by atoms with Gasteiger partial charge in [0.2, 0.25) is 0 Å². The number of hydrogen-bond donors (Lipinski definition) is 0. The smallest absolute Gasteiger partial charge is 0.309 e. The minimum Gasteiger partial charge on any atom is -0.459 e.